The number of dihydropyridines is 1. The topological polar surface area (TPSA) is 50.5 Å². The molecule has 0 N–H and O–H groups in total. The summed E-state index contributed by atoms with van der Waals surface area (Å²) in [6, 6.07) is 7.00. The van der Waals surface area contributed by atoms with E-state index in [-0.39, 0.29) is 11.9 Å². The number of allylic oxidation sites excluding steroid dienone is 1. The standard InChI is InChI=1S/C23H26N4O/c1-14-15(2)24-10-9-20(14)26-12-19(25-13-26)16-5-8-18-21(11-16)27(17-6-7-17)22(28)23(18,3)4/h5,8-15,17H,6-7H2,1-4H3. The van der Waals surface area contributed by atoms with Crippen molar-refractivity contribution in [2.75, 3.05) is 4.90 Å². The first-order valence-electron chi connectivity index (χ1n) is 10.1. The van der Waals surface area contributed by atoms with Gasteiger partial charge in [0.15, 0.2) is 0 Å². The van der Waals surface area contributed by atoms with Crippen molar-refractivity contribution in [3.63, 3.8) is 0 Å². The predicted octanol–water partition coefficient (Wildman–Crippen LogP) is 4.29. The Balaban J connectivity index is 1.53. The van der Waals surface area contributed by atoms with Crippen molar-refractivity contribution in [3.05, 3.63) is 42.4 Å². The highest BCUT2D eigenvalue weighted by atomic mass is 16.2. The van der Waals surface area contributed by atoms with Gasteiger partial charge in [0.2, 0.25) is 5.91 Å². The fourth-order valence-corrected chi connectivity index (χ4v) is 4.36. The van der Waals surface area contributed by atoms with Crippen LogP contribution in [0.15, 0.2) is 41.8 Å². The zero-order chi connectivity index (χ0) is 19.6. The first kappa shape index (κ1) is 17.4. The molecule has 2 aliphatic heterocycles. The van der Waals surface area contributed by atoms with Crippen LogP contribution in [0.3, 0.4) is 0 Å². The number of benzene rings is 1. The van der Waals surface area contributed by atoms with Gasteiger partial charge in [-0.15, -0.1) is 0 Å². The number of aliphatic imine (C=N–C) groups is 1. The van der Waals surface area contributed by atoms with Gasteiger partial charge < -0.3 is 9.47 Å². The molecule has 1 amide bonds. The van der Waals surface area contributed by atoms with Gasteiger partial charge in [0.25, 0.3) is 0 Å². The molecule has 5 heteroatoms. The van der Waals surface area contributed by atoms with Crippen LogP contribution in [0.4, 0.5) is 5.69 Å². The van der Waals surface area contributed by atoms with Gasteiger partial charge in [-0.05, 0) is 51.3 Å². The molecule has 144 valence electrons. The first-order chi connectivity index (χ1) is 13.4. The number of carbonyl (C=O) groups is 1. The molecule has 5 nitrogen and oxygen atoms in total. The van der Waals surface area contributed by atoms with Crippen LogP contribution in [0.2, 0.25) is 0 Å². The maximum atomic E-state index is 13.0. The molecule has 5 rings (SSSR count). The summed E-state index contributed by atoms with van der Waals surface area (Å²) in [6.45, 7) is 8.40. The molecule has 0 radical (unpaired) electrons. The molecule has 1 saturated carbocycles. The highest BCUT2D eigenvalue weighted by molar-refractivity contribution is 6.08. The monoisotopic (exact) mass is 374 g/mol. The lowest BCUT2D eigenvalue weighted by Gasteiger charge is -2.23. The number of carbonyl (C=O) groups excluding carboxylic acids is 1. The van der Waals surface area contributed by atoms with Crippen molar-refractivity contribution >= 4 is 23.5 Å². The van der Waals surface area contributed by atoms with Crippen molar-refractivity contribution in [2.45, 2.75) is 58.0 Å². The normalized spacial score (nSPS) is 25.8. The first-order valence-corrected chi connectivity index (χ1v) is 10.1. The van der Waals surface area contributed by atoms with E-state index >= 15 is 0 Å². The summed E-state index contributed by atoms with van der Waals surface area (Å²) in [6.07, 6.45) is 10.1. The quantitative estimate of drug-likeness (QED) is 0.805. The summed E-state index contributed by atoms with van der Waals surface area (Å²) in [7, 11) is 0. The minimum atomic E-state index is -0.451. The lowest BCUT2D eigenvalue weighted by Crippen LogP contribution is -2.37. The third-order valence-electron chi connectivity index (χ3n) is 6.53. The molecule has 28 heavy (non-hydrogen) atoms. The van der Waals surface area contributed by atoms with E-state index in [1.54, 1.807) is 0 Å². The highest BCUT2D eigenvalue weighted by Gasteiger charge is 2.49. The average molecular weight is 374 g/mol. The van der Waals surface area contributed by atoms with Crippen molar-refractivity contribution < 1.29 is 4.79 Å². The Morgan fingerprint density at radius 2 is 1.96 bits per heavy atom. The van der Waals surface area contributed by atoms with E-state index in [1.165, 1.54) is 5.70 Å². The van der Waals surface area contributed by atoms with Gasteiger partial charge in [-0.1, -0.05) is 19.1 Å². The zero-order valence-electron chi connectivity index (χ0n) is 16.9. The Morgan fingerprint density at radius 3 is 2.71 bits per heavy atom. The van der Waals surface area contributed by atoms with Crippen LogP contribution < -0.4 is 4.90 Å². The van der Waals surface area contributed by atoms with Gasteiger partial charge in [0.05, 0.1) is 23.5 Å². The molecule has 0 saturated heterocycles. The van der Waals surface area contributed by atoms with Gasteiger partial charge in [0, 0.05) is 41.3 Å². The lowest BCUT2D eigenvalue weighted by molar-refractivity contribution is -0.122. The third kappa shape index (κ3) is 2.49. The summed E-state index contributed by atoms with van der Waals surface area (Å²) in [5.41, 5.74) is 4.93. The van der Waals surface area contributed by atoms with Crippen LogP contribution in [-0.4, -0.2) is 33.8 Å². The number of aromatic nitrogens is 2. The summed E-state index contributed by atoms with van der Waals surface area (Å²) >= 11 is 0. The zero-order valence-corrected chi connectivity index (χ0v) is 16.9. The summed E-state index contributed by atoms with van der Waals surface area (Å²) in [5, 5.41) is 0. The molecule has 0 spiro atoms. The van der Waals surface area contributed by atoms with Crippen molar-refractivity contribution in [1.82, 2.24) is 9.55 Å². The van der Waals surface area contributed by atoms with Gasteiger partial charge >= 0.3 is 0 Å². The Labute approximate surface area is 165 Å². The molecule has 1 aromatic heterocycles. The van der Waals surface area contributed by atoms with E-state index in [0.29, 0.717) is 12.0 Å². The van der Waals surface area contributed by atoms with Gasteiger partial charge in [-0.3, -0.25) is 9.79 Å². The number of hydrogen-bond donors (Lipinski definition) is 0. The SMILES string of the molecule is CC1N=CC=C(n2cnc(-c3ccc4c(c3)N(C3CC3)C(=O)C4(C)C)c2)C1C. The number of nitrogens with zero attached hydrogens (tertiary/aromatic N) is 4. The number of hydrogen-bond acceptors (Lipinski definition) is 3. The molecule has 1 aliphatic carbocycles. The van der Waals surface area contributed by atoms with E-state index in [9.17, 15) is 4.79 Å². The van der Waals surface area contributed by atoms with E-state index in [1.807, 2.05) is 31.3 Å². The minimum absolute atomic E-state index is 0.224. The van der Waals surface area contributed by atoms with E-state index < -0.39 is 5.41 Å². The lowest BCUT2D eigenvalue weighted by atomic mass is 9.86. The van der Waals surface area contributed by atoms with Crippen LogP contribution in [0.1, 0.15) is 46.1 Å². The number of rotatable bonds is 3. The predicted molar refractivity (Wildman–Crippen MR) is 113 cm³/mol. The second kappa shape index (κ2) is 5.90. The summed E-state index contributed by atoms with van der Waals surface area (Å²) in [5.74, 6) is 0.568. The number of anilines is 1. The van der Waals surface area contributed by atoms with E-state index in [4.69, 9.17) is 0 Å². The minimum Gasteiger partial charge on any atom is -0.309 e. The molecule has 2 unspecified atom stereocenters. The Morgan fingerprint density at radius 1 is 1.18 bits per heavy atom. The van der Waals surface area contributed by atoms with E-state index in [2.05, 4.69) is 58.9 Å². The largest absolute Gasteiger partial charge is 0.309 e. The fraction of sp³-hybridized carbons (Fsp3) is 0.435. The number of amides is 1. The maximum absolute atomic E-state index is 13.0. The van der Waals surface area contributed by atoms with Crippen LogP contribution in [0, 0.1) is 5.92 Å². The number of fused-ring (bicyclic) bond motifs is 1. The molecule has 2 aromatic rings. The molecule has 1 aromatic carbocycles. The Bertz CT molecular complexity index is 1020. The fourth-order valence-electron chi connectivity index (χ4n) is 4.36. The van der Waals surface area contributed by atoms with Crippen molar-refractivity contribution in [2.24, 2.45) is 10.9 Å². The smallest absolute Gasteiger partial charge is 0.237 e. The van der Waals surface area contributed by atoms with E-state index in [0.717, 1.165) is 35.3 Å². The number of imidazole rings is 1. The van der Waals surface area contributed by atoms with Crippen LogP contribution in [-0.2, 0) is 10.2 Å². The van der Waals surface area contributed by atoms with Gasteiger partial charge in [0.1, 0.15) is 0 Å². The molecule has 1 fully saturated rings. The highest BCUT2D eigenvalue weighted by Crippen LogP contribution is 2.47. The molecular formula is C23H26N4O. The molecule has 3 heterocycles. The van der Waals surface area contributed by atoms with Crippen LogP contribution >= 0.6 is 0 Å². The second-order valence-corrected chi connectivity index (χ2v) is 8.85. The molecule has 2 atom stereocenters. The van der Waals surface area contributed by atoms with Crippen LogP contribution in [0.5, 0.6) is 0 Å². The van der Waals surface area contributed by atoms with Crippen molar-refractivity contribution in [1.29, 1.82) is 0 Å². The van der Waals surface area contributed by atoms with Gasteiger partial charge in [-0.2, -0.15) is 0 Å². The van der Waals surface area contributed by atoms with Gasteiger partial charge in [-0.25, -0.2) is 4.98 Å². The maximum Gasteiger partial charge on any atom is 0.237 e. The van der Waals surface area contributed by atoms with Crippen molar-refractivity contribution in [3.8, 4) is 11.3 Å². The molecular weight excluding hydrogens is 348 g/mol. The molecule has 0 bridgehead atoms. The Hall–Kier alpha value is -2.69. The Kier molecular flexibility index (Phi) is 3.67. The van der Waals surface area contributed by atoms with Crippen LogP contribution in [0.25, 0.3) is 17.0 Å². The summed E-state index contributed by atoms with van der Waals surface area (Å²) in [4.78, 5) is 24.1. The average Bonchev–Trinajstić information content (AvgIpc) is 3.34. The summed E-state index contributed by atoms with van der Waals surface area (Å²) < 4.78 is 2.10. The third-order valence-corrected chi connectivity index (χ3v) is 6.53. The molecule has 3 aliphatic rings. The second-order valence-electron chi connectivity index (χ2n) is 8.85.